The summed E-state index contributed by atoms with van der Waals surface area (Å²) in [5.74, 6) is -1.12. The molecule has 4 nitrogen and oxygen atoms in total. The zero-order valence-electron chi connectivity index (χ0n) is 9.59. The molecule has 9 heteroatoms. The number of pyridine rings is 1. The minimum Gasteiger partial charge on any atom is -0.464 e. The van der Waals surface area contributed by atoms with Gasteiger partial charge in [0.15, 0.2) is 0 Å². The Morgan fingerprint density at radius 1 is 1.47 bits per heavy atom. The molecule has 0 aliphatic heterocycles. The molecule has 0 radical (unpaired) electrons. The van der Waals surface area contributed by atoms with Crippen molar-refractivity contribution in [2.45, 2.75) is 19.1 Å². The summed E-state index contributed by atoms with van der Waals surface area (Å²) in [4.78, 5) is 14.5. The summed E-state index contributed by atoms with van der Waals surface area (Å²) < 4.78 is 67.8. The van der Waals surface area contributed by atoms with Crippen LogP contribution in [0.4, 0.5) is 22.0 Å². The fraction of sp³-hybridized carbons (Fsp3) is 0.400. The third kappa shape index (κ3) is 3.16. The van der Waals surface area contributed by atoms with Gasteiger partial charge in [-0.1, -0.05) is 0 Å². The lowest BCUT2D eigenvalue weighted by Gasteiger charge is -2.16. The number of halogens is 5. The van der Waals surface area contributed by atoms with Gasteiger partial charge in [0, 0.05) is 12.1 Å². The van der Waals surface area contributed by atoms with E-state index in [9.17, 15) is 26.7 Å². The Kier molecular flexibility index (Phi) is 4.40. The first-order chi connectivity index (χ1) is 8.72. The second kappa shape index (κ2) is 5.47. The number of hydrogen-bond acceptors (Lipinski definition) is 4. The number of alkyl halides is 5. The Hall–Kier alpha value is -1.77. The predicted octanol–water partition coefficient (Wildman–Crippen LogP) is 2.28. The fourth-order valence-corrected chi connectivity index (χ4v) is 1.48. The second-order valence-electron chi connectivity index (χ2n) is 3.41. The Bertz CT molecular complexity index is 488. The number of nitrogens with two attached hydrogens (primary N) is 1. The lowest BCUT2D eigenvalue weighted by Crippen LogP contribution is -2.20. The van der Waals surface area contributed by atoms with E-state index in [2.05, 4.69) is 9.72 Å². The van der Waals surface area contributed by atoms with Gasteiger partial charge in [0.25, 0.3) is 6.43 Å². The summed E-state index contributed by atoms with van der Waals surface area (Å²) in [6.07, 6.45) is -8.46. The van der Waals surface area contributed by atoms with Crippen LogP contribution in [0.5, 0.6) is 0 Å². The molecule has 1 aromatic heterocycles. The Morgan fingerprint density at radius 3 is 2.42 bits per heavy atom. The van der Waals surface area contributed by atoms with Crippen LogP contribution >= 0.6 is 0 Å². The molecule has 0 aliphatic rings. The molecule has 0 spiro atoms. The smallest absolute Gasteiger partial charge is 0.418 e. The van der Waals surface area contributed by atoms with E-state index in [1.807, 2.05) is 0 Å². The number of rotatable bonds is 3. The topological polar surface area (TPSA) is 65.2 Å². The summed E-state index contributed by atoms with van der Waals surface area (Å²) in [5, 5.41) is 0. The highest BCUT2D eigenvalue weighted by Gasteiger charge is 2.39. The number of hydrogen-bond donors (Lipinski definition) is 1. The van der Waals surface area contributed by atoms with E-state index in [1.54, 1.807) is 0 Å². The molecule has 0 fully saturated rings. The van der Waals surface area contributed by atoms with Crippen LogP contribution in [0.3, 0.4) is 0 Å². The molecule has 1 rings (SSSR count). The van der Waals surface area contributed by atoms with Gasteiger partial charge in [-0.3, -0.25) is 0 Å². The number of carbonyl (C=O) groups excluding carboxylic acids is 1. The van der Waals surface area contributed by atoms with Gasteiger partial charge >= 0.3 is 12.1 Å². The van der Waals surface area contributed by atoms with Crippen LogP contribution in [0.15, 0.2) is 6.07 Å². The molecule has 0 aromatic carbocycles. The van der Waals surface area contributed by atoms with Crippen LogP contribution in [0.1, 0.15) is 33.7 Å². The van der Waals surface area contributed by atoms with Crippen molar-refractivity contribution in [1.82, 2.24) is 4.98 Å². The maximum absolute atomic E-state index is 12.7. The molecule has 0 amide bonds. The van der Waals surface area contributed by atoms with Gasteiger partial charge < -0.3 is 10.5 Å². The van der Waals surface area contributed by atoms with E-state index >= 15 is 0 Å². The van der Waals surface area contributed by atoms with E-state index in [4.69, 9.17) is 5.73 Å². The normalized spacial score (nSPS) is 11.8. The average molecular weight is 284 g/mol. The lowest BCUT2D eigenvalue weighted by atomic mass is 10.0. The molecule has 0 saturated heterocycles. The highest BCUT2D eigenvalue weighted by Crippen LogP contribution is 2.38. The molecule has 19 heavy (non-hydrogen) atoms. The molecule has 2 N–H and O–H groups in total. The van der Waals surface area contributed by atoms with Gasteiger partial charge in [-0.05, 0) is 6.07 Å². The largest absolute Gasteiger partial charge is 0.464 e. The number of ether oxygens (including phenoxy) is 1. The Morgan fingerprint density at radius 2 is 2.05 bits per heavy atom. The molecule has 1 heterocycles. The molecule has 0 unspecified atom stereocenters. The van der Waals surface area contributed by atoms with Gasteiger partial charge in [0.05, 0.1) is 18.4 Å². The summed E-state index contributed by atoms with van der Waals surface area (Å²) in [6.45, 7) is -0.737. The first kappa shape index (κ1) is 15.3. The zero-order valence-corrected chi connectivity index (χ0v) is 9.59. The number of nitrogens with zero attached hydrogens (tertiary/aromatic N) is 1. The lowest BCUT2D eigenvalue weighted by molar-refractivity contribution is -0.140. The van der Waals surface area contributed by atoms with Crippen LogP contribution in [-0.4, -0.2) is 18.1 Å². The van der Waals surface area contributed by atoms with Crippen molar-refractivity contribution in [3.63, 3.8) is 0 Å². The van der Waals surface area contributed by atoms with Gasteiger partial charge in [-0.2, -0.15) is 13.2 Å². The summed E-state index contributed by atoms with van der Waals surface area (Å²) in [5.41, 5.74) is 0.635. The van der Waals surface area contributed by atoms with Gasteiger partial charge in [-0.15, -0.1) is 0 Å². The predicted molar refractivity (Wildman–Crippen MR) is 53.4 cm³/mol. The third-order valence-electron chi connectivity index (χ3n) is 2.23. The van der Waals surface area contributed by atoms with Crippen molar-refractivity contribution in [2.24, 2.45) is 5.73 Å². The SMILES string of the molecule is COC(=O)c1cc(C(F)F)c(C(F)(F)F)c(CN)n1. The summed E-state index contributed by atoms with van der Waals surface area (Å²) >= 11 is 0. The van der Waals surface area contributed by atoms with Gasteiger partial charge in [0.2, 0.25) is 0 Å². The average Bonchev–Trinajstić information content (AvgIpc) is 2.34. The first-order valence-electron chi connectivity index (χ1n) is 4.89. The van der Waals surface area contributed by atoms with Crippen LogP contribution in [0.25, 0.3) is 0 Å². The van der Waals surface area contributed by atoms with Crippen molar-refractivity contribution < 1.29 is 31.5 Å². The number of methoxy groups -OCH3 is 1. The molecular weight excluding hydrogens is 275 g/mol. The van der Waals surface area contributed by atoms with E-state index in [-0.39, 0.29) is 0 Å². The maximum atomic E-state index is 12.7. The molecule has 0 aliphatic carbocycles. The van der Waals surface area contributed by atoms with E-state index < -0.39 is 47.6 Å². The molecule has 0 atom stereocenters. The Labute approximate surface area is 104 Å². The fourth-order valence-electron chi connectivity index (χ4n) is 1.48. The summed E-state index contributed by atoms with van der Waals surface area (Å²) in [6, 6.07) is 0.360. The van der Waals surface area contributed by atoms with E-state index in [0.29, 0.717) is 6.07 Å². The van der Waals surface area contributed by atoms with Crippen LogP contribution in [0, 0.1) is 0 Å². The van der Waals surface area contributed by atoms with Gasteiger partial charge in [0.1, 0.15) is 5.69 Å². The quantitative estimate of drug-likeness (QED) is 0.683. The minimum atomic E-state index is -5.04. The monoisotopic (exact) mass is 284 g/mol. The van der Waals surface area contributed by atoms with Crippen molar-refractivity contribution in [2.75, 3.05) is 7.11 Å². The third-order valence-corrected chi connectivity index (χ3v) is 2.23. The van der Waals surface area contributed by atoms with Crippen LogP contribution in [-0.2, 0) is 17.5 Å². The Balaban J connectivity index is 3.59. The van der Waals surface area contributed by atoms with E-state index in [0.717, 1.165) is 7.11 Å². The number of aromatic nitrogens is 1. The first-order valence-corrected chi connectivity index (χ1v) is 4.89. The highest BCUT2D eigenvalue weighted by atomic mass is 19.4. The molecule has 0 bridgehead atoms. The standard InChI is InChI=1S/C10H9F5N2O2/c1-19-9(18)5-2-4(8(11)12)7(10(13,14)15)6(3-16)17-5/h2,8H,3,16H2,1H3. The van der Waals surface area contributed by atoms with Crippen molar-refractivity contribution in [3.05, 3.63) is 28.6 Å². The van der Waals surface area contributed by atoms with Crippen molar-refractivity contribution in [1.29, 1.82) is 0 Å². The molecule has 1 aromatic rings. The number of carbonyl (C=O) groups is 1. The maximum Gasteiger partial charge on any atom is 0.418 e. The van der Waals surface area contributed by atoms with Crippen LogP contribution < -0.4 is 5.73 Å². The second-order valence-corrected chi connectivity index (χ2v) is 3.41. The number of esters is 1. The molecule has 106 valence electrons. The van der Waals surface area contributed by atoms with E-state index in [1.165, 1.54) is 0 Å². The van der Waals surface area contributed by atoms with Crippen molar-refractivity contribution >= 4 is 5.97 Å². The van der Waals surface area contributed by atoms with Crippen molar-refractivity contribution in [3.8, 4) is 0 Å². The zero-order chi connectivity index (χ0) is 14.8. The highest BCUT2D eigenvalue weighted by molar-refractivity contribution is 5.87. The minimum absolute atomic E-state index is 0.360. The molecular formula is C10H9F5N2O2. The van der Waals surface area contributed by atoms with Gasteiger partial charge in [-0.25, -0.2) is 18.6 Å². The molecule has 0 saturated carbocycles. The summed E-state index contributed by atoms with van der Waals surface area (Å²) in [7, 11) is 0.950. The van der Waals surface area contributed by atoms with Crippen LogP contribution in [0.2, 0.25) is 0 Å².